The van der Waals surface area contributed by atoms with E-state index in [4.69, 9.17) is 11.5 Å². The van der Waals surface area contributed by atoms with Crippen LogP contribution in [0.15, 0.2) is 40.2 Å². The molecule has 0 spiro atoms. The Kier molecular flexibility index (Phi) is 7.03. The van der Waals surface area contributed by atoms with Crippen LogP contribution in [0, 0.1) is 0 Å². The molecule has 25 heavy (non-hydrogen) atoms. The first-order valence-corrected chi connectivity index (χ1v) is 8.61. The molecule has 1 unspecified atom stereocenters. The molecular weight excluding hydrogens is 336 g/mol. The van der Waals surface area contributed by atoms with Crippen LogP contribution < -0.4 is 22.3 Å². The Balaban J connectivity index is 1.92. The molecular formula is C17H24N6OS. The molecule has 1 aromatic carbocycles. The molecule has 134 valence electrons. The van der Waals surface area contributed by atoms with Crippen LogP contribution in [0.4, 0.5) is 0 Å². The third-order valence-electron chi connectivity index (χ3n) is 3.61. The third kappa shape index (κ3) is 5.91. The number of aromatic amines is 1. The maximum atomic E-state index is 12.2. The van der Waals surface area contributed by atoms with Crippen LogP contribution in [-0.2, 0) is 6.54 Å². The highest BCUT2D eigenvalue weighted by Crippen LogP contribution is 2.17. The van der Waals surface area contributed by atoms with E-state index >= 15 is 0 Å². The number of aliphatic imine (C=N–C) groups is 1. The van der Waals surface area contributed by atoms with Crippen molar-refractivity contribution >= 4 is 18.6 Å². The first-order chi connectivity index (χ1) is 12.0. The summed E-state index contributed by atoms with van der Waals surface area (Å²) < 4.78 is 0. The smallest absolute Gasteiger partial charge is 0.258 e. The average molecular weight is 360 g/mol. The number of nitrogens with two attached hydrogens (primary N) is 2. The zero-order valence-electron chi connectivity index (χ0n) is 14.2. The van der Waals surface area contributed by atoms with Gasteiger partial charge < -0.3 is 21.8 Å². The molecule has 0 aliphatic rings. The molecule has 0 aliphatic carbocycles. The highest BCUT2D eigenvalue weighted by Gasteiger charge is 2.08. The van der Waals surface area contributed by atoms with Gasteiger partial charge in [-0.05, 0) is 31.0 Å². The predicted molar refractivity (Wildman–Crippen MR) is 105 cm³/mol. The van der Waals surface area contributed by atoms with Gasteiger partial charge in [0.1, 0.15) is 5.82 Å². The monoisotopic (exact) mass is 360 g/mol. The van der Waals surface area contributed by atoms with E-state index in [1.807, 2.05) is 31.2 Å². The van der Waals surface area contributed by atoms with Gasteiger partial charge in [-0.3, -0.25) is 9.79 Å². The number of guanidine groups is 1. The highest BCUT2D eigenvalue weighted by atomic mass is 32.1. The molecule has 0 bridgehead atoms. The van der Waals surface area contributed by atoms with Gasteiger partial charge in [-0.1, -0.05) is 24.3 Å². The van der Waals surface area contributed by atoms with Gasteiger partial charge >= 0.3 is 0 Å². The summed E-state index contributed by atoms with van der Waals surface area (Å²) in [7, 11) is 0. The van der Waals surface area contributed by atoms with Crippen molar-refractivity contribution in [2.75, 3.05) is 13.1 Å². The van der Waals surface area contributed by atoms with E-state index in [1.54, 1.807) is 6.20 Å². The Hall–Kier alpha value is -2.32. The molecule has 0 aliphatic heterocycles. The average Bonchev–Trinajstić information content (AvgIpc) is 2.58. The minimum atomic E-state index is -0.156. The normalized spacial score (nSPS) is 11.9. The number of nitrogens with zero attached hydrogens (tertiary/aromatic N) is 2. The van der Waals surface area contributed by atoms with Gasteiger partial charge in [0, 0.05) is 19.3 Å². The molecule has 0 amide bonds. The molecule has 2 rings (SSSR count). The molecule has 0 fully saturated rings. The lowest BCUT2D eigenvalue weighted by Gasteiger charge is -2.07. The van der Waals surface area contributed by atoms with Crippen LogP contribution in [0.5, 0.6) is 0 Å². The number of nitrogens with one attached hydrogen (secondary N) is 2. The Morgan fingerprint density at radius 2 is 2.08 bits per heavy atom. The quantitative estimate of drug-likeness (QED) is 0.209. The van der Waals surface area contributed by atoms with Gasteiger partial charge in [0.2, 0.25) is 0 Å². The lowest BCUT2D eigenvalue weighted by Crippen LogP contribution is -2.23. The van der Waals surface area contributed by atoms with Crippen molar-refractivity contribution in [1.82, 2.24) is 15.3 Å². The minimum absolute atomic E-state index is 0.109. The van der Waals surface area contributed by atoms with Gasteiger partial charge in [0.05, 0.1) is 10.8 Å². The van der Waals surface area contributed by atoms with E-state index in [9.17, 15) is 4.79 Å². The van der Waals surface area contributed by atoms with Crippen LogP contribution in [0.2, 0.25) is 0 Å². The zero-order valence-corrected chi connectivity index (χ0v) is 15.1. The Bertz CT molecular complexity index is 765. The van der Waals surface area contributed by atoms with E-state index in [0.717, 1.165) is 30.6 Å². The van der Waals surface area contributed by atoms with Gasteiger partial charge in [0.15, 0.2) is 5.96 Å². The second kappa shape index (κ2) is 9.24. The lowest BCUT2D eigenvalue weighted by atomic mass is 10.1. The number of hydrogen-bond acceptors (Lipinski definition) is 5. The van der Waals surface area contributed by atoms with Crippen molar-refractivity contribution in [3.63, 3.8) is 0 Å². The topological polar surface area (TPSA) is 122 Å². The largest absolute Gasteiger partial charge is 0.370 e. The van der Waals surface area contributed by atoms with Crippen LogP contribution in [0.1, 0.15) is 30.0 Å². The van der Waals surface area contributed by atoms with Crippen molar-refractivity contribution < 1.29 is 0 Å². The number of H-pyrrole nitrogens is 1. The second-order valence-electron chi connectivity index (χ2n) is 5.72. The molecule has 0 saturated heterocycles. The highest BCUT2D eigenvalue weighted by molar-refractivity contribution is 7.80. The number of hydrogen-bond donors (Lipinski definition) is 5. The fourth-order valence-corrected chi connectivity index (χ4v) is 2.40. The van der Waals surface area contributed by atoms with E-state index in [1.165, 1.54) is 0 Å². The lowest BCUT2D eigenvalue weighted by molar-refractivity contribution is 0.655. The molecule has 8 heteroatoms. The van der Waals surface area contributed by atoms with E-state index in [2.05, 4.69) is 32.9 Å². The van der Waals surface area contributed by atoms with Crippen LogP contribution in [0.25, 0.3) is 11.1 Å². The van der Waals surface area contributed by atoms with Gasteiger partial charge in [-0.15, -0.1) is 0 Å². The SMILES string of the molecule is CC(S)c1ncc(-c2ccc(CNCCCN=C(N)N)cc2)c(=O)[nH]1. The summed E-state index contributed by atoms with van der Waals surface area (Å²) in [6, 6.07) is 7.83. The standard InChI is InChI=1S/C17H24N6OS/c1-11(25)15-22-10-14(16(24)23-15)13-5-3-12(4-6-13)9-20-7-2-8-21-17(18)19/h3-6,10-11,20,25H,2,7-9H2,1H3,(H4,18,19,21)(H,22,23,24). The van der Waals surface area contributed by atoms with Gasteiger partial charge in [0.25, 0.3) is 5.56 Å². The number of rotatable bonds is 8. The number of benzene rings is 1. The molecule has 7 nitrogen and oxygen atoms in total. The van der Waals surface area contributed by atoms with Crippen LogP contribution in [0.3, 0.4) is 0 Å². The fraction of sp³-hybridized carbons (Fsp3) is 0.353. The molecule has 1 atom stereocenters. The van der Waals surface area contributed by atoms with E-state index < -0.39 is 0 Å². The first kappa shape index (κ1) is 19.0. The summed E-state index contributed by atoms with van der Waals surface area (Å²) in [5.74, 6) is 0.690. The fourth-order valence-electron chi connectivity index (χ4n) is 2.27. The summed E-state index contributed by atoms with van der Waals surface area (Å²) in [5.41, 5.74) is 12.9. The summed E-state index contributed by atoms with van der Waals surface area (Å²) in [5, 5.41) is 3.22. The Morgan fingerprint density at radius 1 is 1.36 bits per heavy atom. The van der Waals surface area contributed by atoms with Crippen molar-refractivity contribution in [2.24, 2.45) is 16.5 Å². The third-order valence-corrected chi connectivity index (χ3v) is 3.86. The molecule has 1 heterocycles. The minimum Gasteiger partial charge on any atom is -0.370 e. The van der Waals surface area contributed by atoms with E-state index in [-0.39, 0.29) is 16.8 Å². The first-order valence-electron chi connectivity index (χ1n) is 8.10. The zero-order chi connectivity index (χ0) is 18.2. The van der Waals surface area contributed by atoms with E-state index in [0.29, 0.717) is 17.9 Å². The summed E-state index contributed by atoms with van der Waals surface area (Å²) in [6.45, 7) is 4.05. The Labute approximate surface area is 152 Å². The molecule has 2 aromatic rings. The van der Waals surface area contributed by atoms with Gasteiger partial charge in [-0.2, -0.15) is 12.6 Å². The van der Waals surface area contributed by atoms with Crippen molar-refractivity contribution in [3.8, 4) is 11.1 Å². The predicted octanol–water partition coefficient (Wildman–Crippen LogP) is 1.18. The van der Waals surface area contributed by atoms with Crippen molar-refractivity contribution in [1.29, 1.82) is 0 Å². The maximum absolute atomic E-state index is 12.2. The summed E-state index contributed by atoms with van der Waals surface area (Å²) in [6.07, 6.45) is 2.46. The maximum Gasteiger partial charge on any atom is 0.258 e. The summed E-state index contributed by atoms with van der Waals surface area (Å²) >= 11 is 4.27. The summed E-state index contributed by atoms with van der Waals surface area (Å²) in [4.78, 5) is 23.1. The second-order valence-corrected chi connectivity index (χ2v) is 6.50. The molecule has 1 aromatic heterocycles. The molecule has 0 saturated carbocycles. The van der Waals surface area contributed by atoms with Crippen molar-refractivity contribution in [2.45, 2.75) is 25.1 Å². The van der Waals surface area contributed by atoms with Crippen molar-refractivity contribution in [3.05, 3.63) is 52.2 Å². The Morgan fingerprint density at radius 3 is 2.68 bits per heavy atom. The number of aromatic nitrogens is 2. The van der Waals surface area contributed by atoms with Gasteiger partial charge in [-0.25, -0.2) is 4.98 Å². The molecule has 6 N–H and O–H groups in total. The van der Waals surface area contributed by atoms with Crippen LogP contribution >= 0.6 is 12.6 Å². The van der Waals surface area contributed by atoms with Crippen LogP contribution in [-0.4, -0.2) is 29.0 Å². The number of thiol groups is 1. The molecule has 0 radical (unpaired) electrons.